The van der Waals surface area contributed by atoms with Crippen molar-refractivity contribution in [2.45, 2.75) is 25.8 Å². The molecule has 4 heteroatoms. The first-order chi connectivity index (χ1) is 6.15. The molecular weight excluding hydrogens is 170 g/mol. The van der Waals surface area contributed by atoms with Crippen LogP contribution in [0, 0.1) is 0 Å². The molecule has 13 heavy (non-hydrogen) atoms. The first kappa shape index (κ1) is 10.2. The Bertz CT molecular complexity index is 215. The lowest BCUT2D eigenvalue weighted by Crippen LogP contribution is -2.39. The molecular formula is C9H15NO3. The Morgan fingerprint density at radius 2 is 2.23 bits per heavy atom. The maximum Gasteiger partial charge on any atom is 0.323 e. The first-order valence-corrected chi connectivity index (χ1v) is 4.46. The highest BCUT2D eigenvalue weighted by molar-refractivity contribution is 5.80. The monoisotopic (exact) mass is 185 g/mol. The van der Waals surface area contributed by atoms with Crippen molar-refractivity contribution in [1.82, 2.24) is 4.90 Å². The van der Waals surface area contributed by atoms with Crippen LogP contribution in [0.4, 0.5) is 0 Å². The van der Waals surface area contributed by atoms with Crippen LogP contribution >= 0.6 is 0 Å². The quantitative estimate of drug-likeness (QED) is 0.590. The van der Waals surface area contributed by atoms with Gasteiger partial charge >= 0.3 is 5.97 Å². The number of carbonyl (C=O) groups excluding carboxylic acids is 2. The van der Waals surface area contributed by atoms with E-state index in [1.54, 1.807) is 0 Å². The van der Waals surface area contributed by atoms with Crippen molar-refractivity contribution < 1.29 is 14.3 Å². The molecule has 1 aliphatic rings. The van der Waals surface area contributed by atoms with E-state index in [-0.39, 0.29) is 17.8 Å². The van der Waals surface area contributed by atoms with E-state index < -0.39 is 0 Å². The molecule has 0 unspecified atom stereocenters. The predicted molar refractivity (Wildman–Crippen MR) is 47.3 cm³/mol. The third-order valence-electron chi connectivity index (χ3n) is 2.26. The summed E-state index contributed by atoms with van der Waals surface area (Å²) in [7, 11) is 1.38. The average molecular weight is 185 g/mol. The van der Waals surface area contributed by atoms with E-state index in [1.807, 2.05) is 4.90 Å². The number of ether oxygens (including phenoxy) is 1. The van der Waals surface area contributed by atoms with Crippen LogP contribution in [-0.4, -0.2) is 42.9 Å². The lowest BCUT2D eigenvalue weighted by molar-refractivity contribution is -0.146. The first-order valence-electron chi connectivity index (χ1n) is 4.46. The van der Waals surface area contributed by atoms with Gasteiger partial charge in [0.2, 0.25) is 0 Å². The molecule has 0 radical (unpaired) electrons. The second-order valence-corrected chi connectivity index (χ2v) is 3.35. The van der Waals surface area contributed by atoms with E-state index in [0.717, 1.165) is 19.4 Å². The minimum atomic E-state index is -0.223. The van der Waals surface area contributed by atoms with E-state index in [9.17, 15) is 9.59 Å². The van der Waals surface area contributed by atoms with Gasteiger partial charge in [0.15, 0.2) is 0 Å². The third kappa shape index (κ3) is 2.52. The Morgan fingerprint density at radius 1 is 1.54 bits per heavy atom. The summed E-state index contributed by atoms with van der Waals surface area (Å²) in [5, 5.41) is 0. The number of likely N-dealkylation sites (tertiary alicyclic amines) is 1. The number of hydrogen-bond donors (Lipinski definition) is 0. The van der Waals surface area contributed by atoms with Gasteiger partial charge < -0.3 is 4.74 Å². The van der Waals surface area contributed by atoms with E-state index in [0.29, 0.717) is 6.54 Å². The van der Waals surface area contributed by atoms with Crippen LogP contribution in [0.1, 0.15) is 19.8 Å². The van der Waals surface area contributed by atoms with Gasteiger partial charge in [-0.25, -0.2) is 0 Å². The van der Waals surface area contributed by atoms with Gasteiger partial charge in [-0.1, -0.05) is 0 Å². The van der Waals surface area contributed by atoms with Gasteiger partial charge in [-0.15, -0.1) is 0 Å². The summed E-state index contributed by atoms with van der Waals surface area (Å²) >= 11 is 0. The van der Waals surface area contributed by atoms with Crippen LogP contribution in [0.3, 0.4) is 0 Å². The number of nitrogens with zero attached hydrogens (tertiary/aromatic N) is 1. The summed E-state index contributed by atoms with van der Waals surface area (Å²) < 4.78 is 4.65. The highest BCUT2D eigenvalue weighted by Gasteiger charge is 2.31. The molecule has 1 atom stereocenters. The topological polar surface area (TPSA) is 46.6 Å². The van der Waals surface area contributed by atoms with Crippen molar-refractivity contribution >= 4 is 11.8 Å². The lowest BCUT2D eigenvalue weighted by atomic mass is 10.2. The smallest absolute Gasteiger partial charge is 0.323 e. The maximum absolute atomic E-state index is 11.2. The van der Waals surface area contributed by atoms with Crippen molar-refractivity contribution in [2.75, 3.05) is 20.2 Å². The standard InChI is InChI=1S/C9H15NO3/c1-7(11)6-10-5-3-4-8(10)9(12)13-2/h8H,3-6H2,1-2H3/t8-/m1/s1. The van der Waals surface area contributed by atoms with Crippen molar-refractivity contribution in [3.05, 3.63) is 0 Å². The van der Waals surface area contributed by atoms with Crippen LogP contribution in [-0.2, 0) is 14.3 Å². The van der Waals surface area contributed by atoms with Crippen LogP contribution in [0.5, 0.6) is 0 Å². The normalized spacial score (nSPS) is 23.1. The SMILES string of the molecule is COC(=O)[C@H]1CCCN1CC(C)=O. The summed E-state index contributed by atoms with van der Waals surface area (Å²) in [6.45, 7) is 2.71. The van der Waals surface area contributed by atoms with Crippen molar-refractivity contribution in [2.24, 2.45) is 0 Å². The van der Waals surface area contributed by atoms with Gasteiger partial charge in [-0.2, -0.15) is 0 Å². The van der Waals surface area contributed by atoms with E-state index >= 15 is 0 Å². The van der Waals surface area contributed by atoms with Crippen molar-refractivity contribution in [3.63, 3.8) is 0 Å². The molecule has 0 aliphatic carbocycles. The van der Waals surface area contributed by atoms with Gasteiger partial charge in [-0.3, -0.25) is 14.5 Å². The average Bonchev–Trinajstić information content (AvgIpc) is 2.50. The number of ketones is 1. The van der Waals surface area contributed by atoms with Crippen LogP contribution in [0.15, 0.2) is 0 Å². The van der Waals surface area contributed by atoms with Gasteiger partial charge in [0.05, 0.1) is 13.7 Å². The molecule has 0 N–H and O–H groups in total. The Kier molecular flexibility index (Phi) is 3.42. The third-order valence-corrected chi connectivity index (χ3v) is 2.26. The molecule has 74 valence electrons. The fourth-order valence-corrected chi connectivity index (χ4v) is 1.70. The molecule has 0 aromatic carbocycles. The fourth-order valence-electron chi connectivity index (χ4n) is 1.70. The van der Waals surface area contributed by atoms with Crippen LogP contribution in [0.2, 0.25) is 0 Å². The molecule has 1 aliphatic heterocycles. The Balaban J connectivity index is 2.53. The van der Waals surface area contributed by atoms with Crippen molar-refractivity contribution in [3.8, 4) is 0 Å². The minimum Gasteiger partial charge on any atom is -0.468 e. The largest absolute Gasteiger partial charge is 0.468 e. The number of rotatable bonds is 3. The number of methoxy groups -OCH3 is 1. The lowest BCUT2D eigenvalue weighted by Gasteiger charge is -2.20. The molecule has 0 saturated carbocycles. The molecule has 1 saturated heterocycles. The van der Waals surface area contributed by atoms with Crippen molar-refractivity contribution in [1.29, 1.82) is 0 Å². The highest BCUT2D eigenvalue weighted by Crippen LogP contribution is 2.17. The Morgan fingerprint density at radius 3 is 2.77 bits per heavy atom. The molecule has 0 spiro atoms. The number of Topliss-reactive ketones (excluding diaryl/α,β-unsaturated/α-hetero) is 1. The Labute approximate surface area is 77.8 Å². The molecule has 0 bridgehead atoms. The van der Waals surface area contributed by atoms with Crippen LogP contribution < -0.4 is 0 Å². The molecule has 1 heterocycles. The second-order valence-electron chi connectivity index (χ2n) is 3.35. The summed E-state index contributed by atoms with van der Waals surface area (Å²) in [4.78, 5) is 24.0. The molecule has 1 rings (SSSR count). The van der Waals surface area contributed by atoms with Gasteiger partial charge in [0.1, 0.15) is 11.8 Å². The van der Waals surface area contributed by atoms with E-state index in [2.05, 4.69) is 4.74 Å². The fraction of sp³-hybridized carbons (Fsp3) is 0.778. The highest BCUT2D eigenvalue weighted by atomic mass is 16.5. The number of carbonyl (C=O) groups is 2. The number of hydrogen-bond acceptors (Lipinski definition) is 4. The molecule has 4 nitrogen and oxygen atoms in total. The van der Waals surface area contributed by atoms with Gasteiger partial charge in [-0.05, 0) is 26.3 Å². The summed E-state index contributed by atoms with van der Waals surface area (Å²) in [5.41, 5.74) is 0. The van der Waals surface area contributed by atoms with E-state index in [1.165, 1.54) is 14.0 Å². The maximum atomic E-state index is 11.2. The zero-order valence-corrected chi connectivity index (χ0v) is 8.08. The summed E-state index contributed by atoms with van der Waals surface area (Å²) in [6.07, 6.45) is 1.77. The molecule has 0 amide bonds. The van der Waals surface area contributed by atoms with E-state index in [4.69, 9.17) is 0 Å². The number of esters is 1. The van der Waals surface area contributed by atoms with Crippen LogP contribution in [0.25, 0.3) is 0 Å². The predicted octanol–water partition coefficient (Wildman–Crippen LogP) is 0.213. The van der Waals surface area contributed by atoms with Gasteiger partial charge in [0.25, 0.3) is 0 Å². The molecule has 1 fully saturated rings. The van der Waals surface area contributed by atoms with Gasteiger partial charge in [0, 0.05) is 0 Å². The Hall–Kier alpha value is -0.900. The zero-order chi connectivity index (χ0) is 9.84. The molecule has 0 aromatic heterocycles. The zero-order valence-electron chi connectivity index (χ0n) is 8.08. The molecule has 0 aromatic rings. The second kappa shape index (κ2) is 4.37. The minimum absolute atomic E-state index is 0.0933. The summed E-state index contributed by atoms with van der Waals surface area (Å²) in [5.74, 6) is -0.130. The summed E-state index contributed by atoms with van der Waals surface area (Å²) in [6, 6.07) is -0.200.